The number of anilines is 1. The van der Waals surface area contributed by atoms with Gasteiger partial charge in [0.15, 0.2) is 5.82 Å². The molecular formula is C25H24N8O2. The Balaban J connectivity index is 1.41. The summed E-state index contributed by atoms with van der Waals surface area (Å²) in [5, 5.41) is 8.19. The van der Waals surface area contributed by atoms with E-state index < -0.39 is 0 Å². The van der Waals surface area contributed by atoms with Gasteiger partial charge in [0, 0.05) is 50.2 Å². The fraction of sp³-hybridized carbons (Fsp3) is 0.200. The maximum Gasteiger partial charge on any atom is 0.264 e. The second-order valence-corrected chi connectivity index (χ2v) is 8.43. The van der Waals surface area contributed by atoms with Crippen molar-refractivity contribution in [2.24, 2.45) is 14.1 Å². The normalized spacial score (nSPS) is 11.2. The van der Waals surface area contributed by atoms with Crippen molar-refractivity contribution in [1.29, 1.82) is 0 Å². The Morgan fingerprint density at radius 2 is 1.86 bits per heavy atom. The van der Waals surface area contributed by atoms with Crippen LogP contribution in [0.25, 0.3) is 33.5 Å². The molecule has 0 bridgehead atoms. The monoisotopic (exact) mass is 468 g/mol. The molecule has 176 valence electrons. The fourth-order valence-corrected chi connectivity index (χ4v) is 3.63. The Hall–Kier alpha value is -4.60. The Morgan fingerprint density at radius 1 is 1.00 bits per heavy atom. The summed E-state index contributed by atoms with van der Waals surface area (Å²) >= 11 is 0. The van der Waals surface area contributed by atoms with Crippen molar-refractivity contribution in [3.8, 4) is 34.3 Å². The molecule has 0 spiro atoms. The van der Waals surface area contributed by atoms with E-state index in [4.69, 9.17) is 4.74 Å². The summed E-state index contributed by atoms with van der Waals surface area (Å²) in [5.41, 5.74) is 2.38. The van der Waals surface area contributed by atoms with Crippen molar-refractivity contribution in [3.63, 3.8) is 0 Å². The molecular weight excluding hydrogens is 444 g/mol. The molecule has 1 aromatic carbocycles. The topological polar surface area (TPSA) is 113 Å². The van der Waals surface area contributed by atoms with Crippen molar-refractivity contribution in [3.05, 3.63) is 71.5 Å². The molecule has 0 saturated carbocycles. The van der Waals surface area contributed by atoms with E-state index in [1.807, 2.05) is 57.4 Å². The number of benzene rings is 1. The first-order chi connectivity index (χ1) is 16.9. The van der Waals surface area contributed by atoms with Crippen molar-refractivity contribution in [2.45, 2.75) is 19.9 Å². The highest BCUT2D eigenvalue weighted by molar-refractivity contribution is 5.82. The third kappa shape index (κ3) is 4.58. The molecule has 0 aliphatic rings. The highest BCUT2D eigenvalue weighted by atomic mass is 16.5. The SMILES string of the molecule is CC(C)Nc1ncc(-c2ccc3cc(Oc4ccnc(-c5cnn(C)c5)n4)ccc3n2)c(=O)n1C. The van der Waals surface area contributed by atoms with Crippen LogP contribution in [-0.2, 0) is 14.1 Å². The van der Waals surface area contributed by atoms with Crippen LogP contribution in [0.1, 0.15) is 13.8 Å². The highest BCUT2D eigenvalue weighted by Crippen LogP contribution is 2.26. The number of hydrogen-bond acceptors (Lipinski definition) is 8. The van der Waals surface area contributed by atoms with Crippen LogP contribution in [0.5, 0.6) is 11.6 Å². The number of nitrogens with zero attached hydrogens (tertiary/aromatic N) is 7. The van der Waals surface area contributed by atoms with Gasteiger partial charge in [0.25, 0.3) is 5.56 Å². The van der Waals surface area contributed by atoms with Gasteiger partial charge in [0.2, 0.25) is 11.8 Å². The minimum atomic E-state index is -0.164. The highest BCUT2D eigenvalue weighted by Gasteiger charge is 2.12. The summed E-state index contributed by atoms with van der Waals surface area (Å²) in [5.74, 6) is 2.09. The predicted octanol–water partition coefficient (Wildman–Crippen LogP) is 3.80. The summed E-state index contributed by atoms with van der Waals surface area (Å²) in [4.78, 5) is 30.8. The zero-order valence-corrected chi connectivity index (χ0v) is 19.8. The maximum atomic E-state index is 12.9. The summed E-state index contributed by atoms with van der Waals surface area (Å²) in [6.45, 7) is 3.99. The second kappa shape index (κ2) is 8.98. The Morgan fingerprint density at radius 3 is 2.63 bits per heavy atom. The van der Waals surface area contributed by atoms with E-state index in [2.05, 4.69) is 30.4 Å². The molecule has 5 aromatic rings. The van der Waals surface area contributed by atoms with E-state index in [-0.39, 0.29) is 11.6 Å². The molecule has 0 unspecified atom stereocenters. The van der Waals surface area contributed by atoms with Gasteiger partial charge >= 0.3 is 0 Å². The number of nitrogens with one attached hydrogen (secondary N) is 1. The van der Waals surface area contributed by atoms with Crippen LogP contribution in [0.4, 0.5) is 5.95 Å². The van der Waals surface area contributed by atoms with Gasteiger partial charge in [-0.25, -0.2) is 15.0 Å². The first-order valence-corrected chi connectivity index (χ1v) is 11.1. The molecule has 0 amide bonds. The number of fused-ring (bicyclic) bond motifs is 1. The lowest BCUT2D eigenvalue weighted by Crippen LogP contribution is -2.25. The van der Waals surface area contributed by atoms with E-state index in [0.717, 1.165) is 16.5 Å². The van der Waals surface area contributed by atoms with Crippen molar-refractivity contribution in [1.82, 2.24) is 34.3 Å². The number of pyridine rings is 1. The summed E-state index contributed by atoms with van der Waals surface area (Å²) in [7, 11) is 3.53. The van der Waals surface area contributed by atoms with Gasteiger partial charge in [-0.15, -0.1) is 0 Å². The lowest BCUT2D eigenvalue weighted by molar-refractivity contribution is 0.463. The molecule has 10 nitrogen and oxygen atoms in total. The molecule has 0 radical (unpaired) electrons. The number of rotatable bonds is 6. The van der Waals surface area contributed by atoms with E-state index in [1.165, 1.54) is 4.57 Å². The minimum absolute atomic E-state index is 0.164. The lowest BCUT2D eigenvalue weighted by Gasteiger charge is -2.13. The van der Waals surface area contributed by atoms with Gasteiger partial charge in [0.1, 0.15) is 5.75 Å². The smallest absolute Gasteiger partial charge is 0.264 e. The average Bonchev–Trinajstić information content (AvgIpc) is 3.28. The Bertz CT molecular complexity index is 1590. The maximum absolute atomic E-state index is 12.9. The Labute approximate surface area is 201 Å². The predicted molar refractivity (Wildman–Crippen MR) is 133 cm³/mol. The van der Waals surface area contributed by atoms with Crippen LogP contribution in [0.15, 0.2) is 66.0 Å². The zero-order valence-electron chi connectivity index (χ0n) is 19.8. The number of aromatic nitrogens is 7. The first kappa shape index (κ1) is 22.2. The fourth-order valence-electron chi connectivity index (χ4n) is 3.63. The van der Waals surface area contributed by atoms with Crippen molar-refractivity contribution in [2.75, 3.05) is 5.32 Å². The number of aryl methyl sites for hydroxylation is 1. The summed E-state index contributed by atoms with van der Waals surface area (Å²) in [6, 6.07) is 11.1. The molecule has 0 saturated heterocycles. The number of ether oxygens (including phenoxy) is 1. The van der Waals surface area contributed by atoms with E-state index >= 15 is 0 Å². The second-order valence-electron chi connectivity index (χ2n) is 8.43. The summed E-state index contributed by atoms with van der Waals surface area (Å²) < 4.78 is 9.17. The van der Waals surface area contributed by atoms with E-state index in [0.29, 0.717) is 34.7 Å². The van der Waals surface area contributed by atoms with Gasteiger partial charge in [-0.3, -0.25) is 14.0 Å². The molecule has 35 heavy (non-hydrogen) atoms. The van der Waals surface area contributed by atoms with Crippen LogP contribution in [0.2, 0.25) is 0 Å². The summed E-state index contributed by atoms with van der Waals surface area (Å²) in [6.07, 6.45) is 6.76. The number of hydrogen-bond donors (Lipinski definition) is 1. The van der Waals surface area contributed by atoms with Crippen molar-refractivity contribution >= 4 is 16.9 Å². The Kier molecular flexibility index (Phi) is 5.69. The molecule has 0 aliphatic carbocycles. The quantitative estimate of drug-likeness (QED) is 0.400. The van der Waals surface area contributed by atoms with Crippen molar-refractivity contribution < 1.29 is 4.74 Å². The molecule has 10 heteroatoms. The molecule has 0 fully saturated rings. The van der Waals surface area contributed by atoms with Gasteiger partial charge in [-0.2, -0.15) is 10.1 Å². The van der Waals surface area contributed by atoms with E-state index in [1.54, 1.807) is 36.4 Å². The van der Waals surface area contributed by atoms with Gasteiger partial charge < -0.3 is 10.1 Å². The standard InChI is InChI=1S/C25H24N8O2/c1-15(2)29-25-27-13-19(24(34)33(25)4)21-7-5-16-11-18(6-8-20(16)30-21)35-22-9-10-26-23(31-22)17-12-28-32(3)14-17/h5-15H,1-4H3,(H,27,29). The van der Waals surface area contributed by atoms with Crippen LogP contribution < -0.4 is 15.6 Å². The zero-order chi connectivity index (χ0) is 24.5. The molecule has 4 heterocycles. The lowest BCUT2D eigenvalue weighted by atomic mass is 10.1. The average molecular weight is 469 g/mol. The van der Waals surface area contributed by atoms with Crippen LogP contribution >= 0.6 is 0 Å². The molecule has 0 atom stereocenters. The third-order valence-corrected chi connectivity index (χ3v) is 5.34. The minimum Gasteiger partial charge on any atom is -0.439 e. The van der Waals surface area contributed by atoms with Crippen LogP contribution in [0.3, 0.4) is 0 Å². The molecule has 1 N–H and O–H groups in total. The third-order valence-electron chi connectivity index (χ3n) is 5.34. The van der Waals surface area contributed by atoms with E-state index in [9.17, 15) is 4.79 Å². The molecule has 5 rings (SSSR count). The largest absolute Gasteiger partial charge is 0.439 e. The van der Waals surface area contributed by atoms with Crippen LogP contribution in [-0.4, -0.2) is 40.3 Å². The first-order valence-electron chi connectivity index (χ1n) is 11.1. The molecule has 4 aromatic heterocycles. The van der Waals surface area contributed by atoms with Gasteiger partial charge in [-0.1, -0.05) is 6.07 Å². The van der Waals surface area contributed by atoms with Crippen LogP contribution in [0, 0.1) is 0 Å². The van der Waals surface area contributed by atoms with Gasteiger partial charge in [0.05, 0.1) is 28.5 Å². The van der Waals surface area contributed by atoms with Gasteiger partial charge in [-0.05, 0) is 38.1 Å². The molecule has 0 aliphatic heterocycles.